The summed E-state index contributed by atoms with van der Waals surface area (Å²) in [4.78, 5) is 1.79. The molecular weight excluding hydrogens is 278 g/mol. The summed E-state index contributed by atoms with van der Waals surface area (Å²) in [5, 5.41) is 1.20. The summed E-state index contributed by atoms with van der Waals surface area (Å²) in [6.45, 7) is 5.44. The van der Waals surface area contributed by atoms with Crippen LogP contribution in [-0.4, -0.2) is 31.7 Å². The minimum absolute atomic E-state index is 0.205. The van der Waals surface area contributed by atoms with Crippen molar-refractivity contribution >= 4 is 10.1 Å². The lowest BCUT2D eigenvalue weighted by Crippen LogP contribution is -2.44. The molecular formula is C13H19N3O3S. The molecule has 0 fully saturated rings. The smallest absolute Gasteiger partial charge is 0.301 e. The van der Waals surface area contributed by atoms with E-state index >= 15 is 0 Å². The molecule has 0 aliphatic carbocycles. The fourth-order valence-corrected chi connectivity index (χ4v) is 3.84. The zero-order valence-electron chi connectivity index (χ0n) is 12.0. The normalized spacial score (nSPS) is 18.9. The largest absolute Gasteiger partial charge is 0.335 e. The van der Waals surface area contributed by atoms with Gasteiger partial charge in [0.05, 0.1) is 0 Å². The number of rotatable bonds is 3. The fourth-order valence-electron chi connectivity index (χ4n) is 2.38. The first-order valence-corrected chi connectivity index (χ1v) is 7.57. The van der Waals surface area contributed by atoms with E-state index in [1.54, 1.807) is 38.2 Å². The van der Waals surface area contributed by atoms with Crippen LogP contribution >= 0.6 is 0 Å². The van der Waals surface area contributed by atoms with E-state index in [0.717, 1.165) is 5.56 Å². The molecule has 6 nitrogen and oxygen atoms in total. The van der Waals surface area contributed by atoms with Crippen LogP contribution in [0.4, 0.5) is 0 Å². The summed E-state index contributed by atoms with van der Waals surface area (Å²) in [6, 6.07) is 3.64. The van der Waals surface area contributed by atoms with E-state index in [1.165, 1.54) is 5.01 Å². The third kappa shape index (κ3) is 2.65. The van der Waals surface area contributed by atoms with Crippen molar-refractivity contribution in [3.63, 3.8) is 0 Å². The van der Waals surface area contributed by atoms with Gasteiger partial charge in [0.25, 0.3) is 0 Å². The van der Waals surface area contributed by atoms with Crippen LogP contribution in [0.2, 0.25) is 0 Å². The Bertz CT molecular complexity index is 620. The van der Waals surface area contributed by atoms with E-state index in [0.29, 0.717) is 11.1 Å². The number of hydrazine groups is 1. The van der Waals surface area contributed by atoms with Gasteiger partial charge in [-0.25, -0.2) is 10.0 Å². The van der Waals surface area contributed by atoms with Crippen molar-refractivity contribution in [3.05, 3.63) is 41.2 Å². The zero-order valence-corrected chi connectivity index (χ0v) is 12.8. The summed E-state index contributed by atoms with van der Waals surface area (Å²) in [5.41, 5.74) is 2.35. The first-order valence-electron chi connectivity index (χ1n) is 6.17. The quantitative estimate of drug-likeness (QED) is 0.667. The third-order valence-electron chi connectivity index (χ3n) is 3.14. The summed E-state index contributed by atoms with van der Waals surface area (Å²) in [6.07, 6.45) is 2.34. The number of aryl methyl sites for hydroxylation is 3. The molecule has 1 aliphatic rings. The molecule has 1 aromatic carbocycles. The van der Waals surface area contributed by atoms with Crippen molar-refractivity contribution in [2.24, 2.45) is 5.84 Å². The fraction of sp³-hybridized carbons (Fsp3) is 0.385. The lowest BCUT2D eigenvalue weighted by atomic mass is 10.1. The van der Waals surface area contributed by atoms with E-state index < -0.39 is 16.5 Å². The van der Waals surface area contributed by atoms with Crippen molar-refractivity contribution in [3.8, 4) is 0 Å². The van der Waals surface area contributed by atoms with Crippen LogP contribution in [0.5, 0.6) is 0 Å². The van der Waals surface area contributed by atoms with Gasteiger partial charge in [0.15, 0.2) is 0 Å². The van der Waals surface area contributed by atoms with E-state index in [2.05, 4.69) is 0 Å². The maximum absolute atomic E-state index is 12.5. The predicted molar refractivity (Wildman–Crippen MR) is 75.6 cm³/mol. The number of hydrogen-bond acceptors (Lipinski definition) is 6. The topological polar surface area (TPSA) is 75.9 Å². The maximum Gasteiger partial charge on any atom is 0.301 e. The predicted octanol–water partition coefficient (Wildman–Crippen LogP) is 1.19. The highest BCUT2D eigenvalue weighted by atomic mass is 32.2. The van der Waals surface area contributed by atoms with Crippen LogP contribution in [0.3, 0.4) is 0 Å². The van der Waals surface area contributed by atoms with Crippen molar-refractivity contribution in [1.82, 2.24) is 9.91 Å². The highest BCUT2D eigenvalue weighted by Crippen LogP contribution is 2.26. The van der Waals surface area contributed by atoms with Crippen LogP contribution < -0.4 is 5.84 Å². The second-order valence-electron chi connectivity index (χ2n) is 5.02. The van der Waals surface area contributed by atoms with Gasteiger partial charge in [-0.2, -0.15) is 8.42 Å². The van der Waals surface area contributed by atoms with Gasteiger partial charge in [0.2, 0.25) is 6.35 Å². The zero-order chi connectivity index (χ0) is 15.1. The van der Waals surface area contributed by atoms with E-state index in [-0.39, 0.29) is 4.90 Å². The number of nitrogens with zero attached hydrogens (tertiary/aromatic N) is 2. The Kier molecular flexibility index (Phi) is 3.77. The number of nitrogens with two attached hydrogens (primary N) is 1. The molecule has 0 saturated carbocycles. The molecule has 0 saturated heterocycles. The lowest BCUT2D eigenvalue weighted by molar-refractivity contribution is -0.00904. The molecule has 1 aliphatic heterocycles. The monoisotopic (exact) mass is 297 g/mol. The van der Waals surface area contributed by atoms with Crippen molar-refractivity contribution in [2.75, 3.05) is 7.05 Å². The standard InChI is InChI=1S/C13H19N3O3S/c1-9-7-10(2)12(11(3)8-9)20(17,18)19-13-15(4)5-6-16(13)14/h5-8,13H,14H2,1-4H3. The molecule has 2 N–H and O–H groups in total. The molecule has 20 heavy (non-hydrogen) atoms. The average Bonchev–Trinajstić information content (AvgIpc) is 2.58. The second kappa shape index (κ2) is 5.08. The molecule has 0 aromatic heterocycles. The van der Waals surface area contributed by atoms with Crippen LogP contribution in [-0.2, 0) is 14.3 Å². The Labute approximate surface area is 119 Å². The van der Waals surface area contributed by atoms with Crippen molar-refractivity contribution in [2.45, 2.75) is 32.0 Å². The molecule has 0 bridgehead atoms. The third-order valence-corrected chi connectivity index (χ3v) is 4.71. The molecule has 0 amide bonds. The van der Waals surface area contributed by atoms with Gasteiger partial charge in [-0.3, -0.25) is 5.01 Å². The van der Waals surface area contributed by atoms with Crippen LogP contribution in [0.25, 0.3) is 0 Å². The van der Waals surface area contributed by atoms with Crippen molar-refractivity contribution < 1.29 is 12.6 Å². The lowest BCUT2D eigenvalue weighted by Gasteiger charge is -2.26. The van der Waals surface area contributed by atoms with Gasteiger partial charge in [-0.05, 0) is 31.9 Å². The summed E-state index contributed by atoms with van der Waals surface area (Å²) >= 11 is 0. The second-order valence-corrected chi connectivity index (χ2v) is 6.52. The van der Waals surface area contributed by atoms with Crippen LogP contribution in [0.1, 0.15) is 16.7 Å². The molecule has 1 unspecified atom stereocenters. The minimum atomic E-state index is -3.89. The Balaban J connectivity index is 2.37. The Hall–Kier alpha value is -1.57. The summed E-state index contributed by atoms with van der Waals surface area (Å²) in [5.74, 6) is 5.67. The molecule has 1 heterocycles. The SMILES string of the molecule is Cc1cc(C)c(S(=O)(=O)OC2N(C)C=CN2N)c(C)c1. The minimum Gasteiger partial charge on any atom is -0.335 e. The van der Waals surface area contributed by atoms with Gasteiger partial charge >= 0.3 is 10.1 Å². The Morgan fingerprint density at radius 2 is 1.70 bits per heavy atom. The average molecular weight is 297 g/mol. The van der Waals surface area contributed by atoms with Gasteiger partial charge < -0.3 is 4.90 Å². The molecule has 1 aromatic rings. The van der Waals surface area contributed by atoms with Crippen molar-refractivity contribution in [1.29, 1.82) is 0 Å². The highest BCUT2D eigenvalue weighted by molar-refractivity contribution is 7.86. The van der Waals surface area contributed by atoms with E-state index in [1.807, 2.05) is 19.1 Å². The van der Waals surface area contributed by atoms with Gasteiger partial charge in [0.1, 0.15) is 4.90 Å². The maximum atomic E-state index is 12.5. The van der Waals surface area contributed by atoms with Crippen LogP contribution in [0.15, 0.2) is 29.4 Å². The Morgan fingerprint density at radius 3 is 2.15 bits per heavy atom. The van der Waals surface area contributed by atoms with Crippen LogP contribution in [0, 0.1) is 20.8 Å². The van der Waals surface area contributed by atoms with Gasteiger partial charge in [-0.15, -0.1) is 0 Å². The van der Waals surface area contributed by atoms with Gasteiger partial charge in [0, 0.05) is 19.4 Å². The molecule has 0 spiro atoms. The van der Waals surface area contributed by atoms with E-state index in [9.17, 15) is 8.42 Å². The first kappa shape index (κ1) is 14.8. The number of benzene rings is 1. The Morgan fingerprint density at radius 1 is 1.15 bits per heavy atom. The molecule has 1 atom stereocenters. The molecule has 110 valence electrons. The van der Waals surface area contributed by atoms with Gasteiger partial charge in [-0.1, -0.05) is 17.7 Å². The highest BCUT2D eigenvalue weighted by Gasteiger charge is 2.31. The first-order chi connectivity index (χ1) is 9.22. The summed E-state index contributed by atoms with van der Waals surface area (Å²) in [7, 11) is -2.20. The molecule has 0 radical (unpaired) electrons. The number of hydrogen-bond donors (Lipinski definition) is 1. The van der Waals surface area contributed by atoms with E-state index in [4.69, 9.17) is 10.0 Å². The molecule has 7 heteroatoms. The summed E-state index contributed by atoms with van der Waals surface area (Å²) < 4.78 is 30.2. The molecule has 2 rings (SSSR count).